The topological polar surface area (TPSA) is 79.6 Å². The second kappa shape index (κ2) is 11.8. The molecule has 1 aliphatic heterocycles. The fourth-order valence-corrected chi connectivity index (χ4v) is 6.45. The molecule has 2 aliphatic rings. The van der Waals surface area contributed by atoms with E-state index < -0.39 is 10.0 Å². The van der Waals surface area contributed by atoms with Crippen molar-refractivity contribution in [2.24, 2.45) is 0 Å². The van der Waals surface area contributed by atoms with Crippen molar-refractivity contribution >= 4 is 26.7 Å². The Hall–Kier alpha value is -1.86. The number of hydrogen-bond donors (Lipinski definition) is 1. The first-order valence-electron chi connectivity index (χ1n) is 11.2. The summed E-state index contributed by atoms with van der Waals surface area (Å²) in [6.07, 6.45) is 11.5. The number of hydrogen-bond acceptors (Lipinski definition) is 4. The second-order valence-corrected chi connectivity index (χ2v) is 10.2. The van der Waals surface area contributed by atoms with Crippen molar-refractivity contribution in [3.05, 3.63) is 51.3 Å². The molecular weight excluding hydrogens is 424 g/mol. The summed E-state index contributed by atoms with van der Waals surface area (Å²) in [6, 6.07) is 7.05. The summed E-state index contributed by atoms with van der Waals surface area (Å²) < 4.78 is 33.9. The van der Waals surface area contributed by atoms with Crippen molar-refractivity contribution < 1.29 is 17.6 Å². The average Bonchev–Trinajstić information content (AvgIpc) is 3.17. The van der Waals surface area contributed by atoms with E-state index in [0.29, 0.717) is 18.5 Å². The van der Waals surface area contributed by atoms with E-state index in [-0.39, 0.29) is 31.9 Å². The van der Waals surface area contributed by atoms with Crippen molar-refractivity contribution in [2.45, 2.75) is 75.3 Å². The highest BCUT2D eigenvalue weighted by Gasteiger charge is 2.37. The third-order valence-corrected chi connectivity index (χ3v) is 8.25. The molecule has 0 bridgehead atoms. The summed E-state index contributed by atoms with van der Waals surface area (Å²) in [5.74, 6) is 0.972. The summed E-state index contributed by atoms with van der Waals surface area (Å²) in [5, 5.41) is 4.43. The van der Waals surface area contributed by atoms with Crippen LogP contribution in [-0.4, -0.2) is 37.8 Å². The lowest BCUT2D eigenvalue weighted by molar-refractivity contribution is -0.120. The van der Waals surface area contributed by atoms with Gasteiger partial charge in [-0.3, -0.25) is 4.79 Å². The maximum atomic E-state index is 13.4. The van der Waals surface area contributed by atoms with Crippen LogP contribution in [0.4, 0.5) is 0 Å². The van der Waals surface area contributed by atoms with Crippen molar-refractivity contribution in [2.75, 3.05) is 13.1 Å². The van der Waals surface area contributed by atoms with Crippen molar-refractivity contribution in [3.8, 4) is 0 Å². The molecule has 1 saturated heterocycles. The predicted molar refractivity (Wildman–Crippen MR) is 127 cm³/mol. The lowest BCUT2D eigenvalue weighted by Gasteiger charge is -2.34. The quantitative estimate of drug-likeness (QED) is 0.677. The fraction of sp³-hybridized carbons (Fsp3) is 0.520. The van der Waals surface area contributed by atoms with Gasteiger partial charge in [-0.2, -0.15) is 4.31 Å². The molecule has 1 N–H and O–H groups in total. The number of nitrogens with zero attached hydrogens (tertiary/aromatic N) is 1. The van der Waals surface area contributed by atoms with Crippen LogP contribution >= 0.6 is 0 Å². The Morgan fingerprint density at radius 1 is 1.00 bits per heavy atom. The van der Waals surface area contributed by atoms with E-state index in [4.69, 9.17) is 4.42 Å². The van der Waals surface area contributed by atoms with Gasteiger partial charge in [0.15, 0.2) is 0 Å². The Kier molecular flexibility index (Phi) is 9.77. The van der Waals surface area contributed by atoms with Crippen LogP contribution in [0.15, 0.2) is 40.0 Å². The van der Waals surface area contributed by atoms with Gasteiger partial charge in [0, 0.05) is 29.9 Å². The first kappa shape index (κ1) is 26.4. The van der Waals surface area contributed by atoms with E-state index in [1.165, 1.54) is 29.8 Å². The van der Waals surface area contributed by atoms with E-state index in [9.17, 15) is 13.2 Å². The van der Waals surface area contributed by atoms with E-state index in [1.807, 2.05) is 18.2 Å². The van der Waals surface area contributed by atoms with Crippen molar-refractivity contribution in [1.29, 1.82) is 0 Å². The van der Waals surface area contributed by atoms with Crippen LogP contribution in [0.25, 0.3) is 10.8 Å². The van der Waals surface area contributed by atoms with Crippen LogP contribution < -0.4 is 5.32 Å². The SMILES string of the molecule is O=C(NCC1CCCCN1S(=O)(=O)c1occ2ccccc12)[C]1CCCCCCC1.[CH2].[CH2]. The Balaban J connectivity index is 0.00000181. The molecular formula is C25H35N2O4S. The van der Waals surface area contributed by atoms with Gasteiger partial charge in [-0.1, -0.05) is 71.6 Å². The maximum Gasteiger partial charge on any atom is 0.277 e. The number of furan rings is 1. The van der Waals surface area contributed by atoms with Gasteiger partial charge in [0.2, 0.25) is 11.0 Å². The van der Waals surface area contributed by atoms with Crippen LogP contribution in [0, 0.1) is 20.8 Å². The van der Waals surface area contributed by atoms with Crippen LogP contribution in [-0.2, 0) is 14.8 Å². The van der Waals surface area contributed by atoms with Crippen LogP contribution in [0.5, 0.6) is 0 Å². The highest BCUT2D eigenvalue weighted by Crippen LogP contribution is 2.31. The molecule has 7 heteroatoms. The molecule has 1 aliphatic carbocycles. The van der Waals surface area contributed by atoms with E-state index in [1.54, 1.807) is 6.07 Å². The first-order chi connectivity index (χ1) is 14.6. The molecule has 5 radical (unpaired) electrons. The van der Waals surface area contributed by atoms with Gasteiger partial charge in [0.25, 0.3) is 10.0 Å². The van der Waals surface area contributed by atoms with E-state index in [0.717, 1.165) is 56.2 Å². The van der Waals surface area contributed by atoms with Crippen molar-refractivity contribution in [1.82, 2.24) is 9.62 Å². The molecule has 2 fully saturated rings. The predicted octanol–water partition coefficient (Wildman–Crippen LogP) is 5.07. The molecule has 1 unspecified atom stereocenters. The standard InChI is InChI=1S/C23H31N2O4S.2CH2/c26-22(18-10-4-2-1-3-5-11-18)24-16-20-13-8-9-15-25(20)30(27,28)23-21-14-7-6-12-19(21)17-29-23;;/h6-7,12,14,17,20H,1-5,8-11,13,15-16H2,(H,24,26);2*1H2. The summed E-state index contributed by atoms with van der Waals surface area (Å²) >= 11 is 0. The molecule has 1 aromatic carbocycles. The smallest absolute Gasteiger partial charge is 0.277 e. The highest BCUT2D eigenvalue weighted by molar-refractivity contribution is 7.89. The van der Waals surface area contributed by atoms with Crippen LogP contribution in [0.2, 0.25) is 0 Å². The summed E-state index contributed by atoms with van der Waals surface area (Å²) in [7, 11) is -3.77. The minimum atomic E-state index is -3.77. The zero-order chi connectivity index (χ0) is 21.0. The number of fused-ring (bicyclic) bond motifs is 1. The fourth-order valence-electron chi connectivity index (χ4n) is 4.66. The molecule has 175 valence electrons. The van der Waals surface area contributed by atoms with Gasteiger partial charge in [0.05, 0.1) is 5.92 Å². The van der Waals surface area contributed by atoms with Crippen LogP contribution in [0.3, 0.4) is 0 Å². The molecule has 2 heterocycles. The molecule has 2 aromatic rings. The minimum Gasteiger partial charge on any atom is -0.450 e. The third-order valence-electron chi connectivity index (χ3n) is 6.37. The molecule has 1 saturated carbocycles. The second-order valence-electron chi connectivity index (χ2n) is 8.46. The highest BCUT2D eigenvalue weighted by atomic mass is 32.2. The van der Waals surface area contributed by atoms with E-state index in [2.05, 4.69) is 5.32 Å². The summed E-state index contributed by atoms with van der Waals surface area (Å²) in [4.78, 5) is 12.7. The Morgan fingerprint density at radius 2 is 1.69 bits per heavy atom. The molecule has 1 aromatic heterocycles. The molecule has 4 rings (SSSR count). The monoisotopic (exact) mass is 459 g/mol. The summed E-state index contributed by atoms with van der Waals surface area (Å²) in [6.45, 7) is 0.800. The van der Waals surface area contributed by atoms with Gasteiger partial charge >= 0.3 is 0 Å². The van der Waals surface area contributed by atoms with Gasteiger partial charge in [-0.15, -0.1) is 0 Å². The van der Waals surface area contributed by atoms with Crippen molar-refractivity contribution in [3.63, 3.8) is 0 Å². The zero-order valence-electron chi connectivity index (χ0n) is 18.9. The zero-order valence-corrected chi connectivity index (χ0v) is 19.7. The summed E-state index contributed by atoms with van der Waals surface area (Å²) in [5.41, 5.74) is 0. The Morgan fingerprint density at radius 3 is 2.44 bits per heavy atom. The number of benzene rings is 1. The largest absolute Gasteiger partial charge is 0.450 e. The Labute approximate surface area is 193 Å². The van der Waals surface area contributed by atoms with Gasteiger partial charge in [0.1, 0.15) is 6.26 Å². The lowest BCUT2D eigenvalue weighted by atomic mass is 9.90. The Bertz CT molecular complexity index is 961. The number of rotatable bonds is 5. The minimum absolute atomic E-state index is 0. The number of amides is 1. The van der Waals surface area contributed by atoms with Gasteiger partial charge in [-0.25, -0.2) is 8.42 Å². The van der Waals surface area contributed by atoms with E-state index >= 15 is 0 Å². The molecule has 32 heavy (non-hydrogen) atoms. The molecule has 1 atom stereocenters. The number of nitrogens with one attached hydrogen (secondary N) is 1. The number of sulfonamides is 1. The first-order valence-corrected chi connectivity index (χ1v) is 12.6. The molecule has 0 spiro atoms. The van der Waals surface area contributed by atoms with Gasteiger partial charge < -0.3 is 9.73 Å². The third kappa shape index (κ3) is 5.73. The number of carbonyl (C=O) groups is 1. The number of piperidine rings is 1. The molecule has 1 amide bonds. The maximum absolute atomic E-state index is 13.4. The normalized spacial score (nSPS) is 21.1. The molecule has 6 nitrogen and oxygen atoms in total. The average molecular weight is 460 g/mol. The van der Waals surface area contributed by atoms with Gasteiger partial charge in [-0.05, 0) is 31.7 Å². The number of carbonyl (C=O) groups excluding carboxylic acids is 1. The van der Waals surface area contributed by atoms with Crippen LogP contribution in [0.1, 0.15) is 64.2 Å². The lowest BCUT2D eigenvalue weighted by Crippen LogP contribution is -2.49.